The highest BCUT2D eigenvalue weighted by molar-refractivity contribution is 6.30. The van der Waals surface area contributed by atoms with E-state index in [9.17, 15) is 4.39 Å². The first-order valence-corrected chi connectivity index (χ1v) is 6.24. The summed E-state index contributed by atoms with van der Waals surface area (Å²) in [5.41, 5.74) is 7.90. The van der Waals surface area contributed by atoms with E-state index in [1.165, 1.54) is 30.7 Å². The fourth-order valence-electron chi connectivity index (χ4n) is 1.36. The van der Waals surface area contributed by atoms with E-state index in [-0.39, 0.29) is 24.1 Å². The summed E-state index contributed by atoms with van der Waals surface area (Å²) < 4.78 is 18.3. The molecule has 0 spiro atoms. The van der Waals surface area contributed by atoms with Gasteiger partial charge >= 0.3 is 6.01 Å². The third-order valence-corrected chi connectivity index (χ3v) is 2.51. The summed E-state index contributed by atoms with van der Waals surface area (Å²) in [5, 5.41) is 6.53. The Morgan fingerprint density at radius 3 is 2.86 bits per heavy atom. The summed E-state index contributed by atoms with van der Waals surface area (Å²) in [5.74, 6) is -0.358. The molecule has 0 unspecified atom stereocenters. The smallest absolute Gasteiger partial charge is 0.316 e. The number of anilines is 1. The van der Waals surface area contributed by atoms with Crippen LogP contribution in [0, 0.1) is 11.3 Å². The zero-order chi connectivity index (χ0) is 15.1. The van der Waals surface area contributed by atoms with Gasteiger partial charge in [-0.15, -0.1) is 0 Å². The molecule has 1 heterocycles. The van der Waals surface area contributed by atoms with E-state index in [0.29, 0.717) is 10.7 Å². The number of nitrogens with zero attached hydrogens (tertiary/aromatic N) is 3. The Bertz CT molecular complexity index is 647. The van der Waals surface area contributed by atoms with Gasteiger partial charge in [-0.05, 0) is 18.2 Å². The first-order valence-electron chi connectivity index (χ1n) is 5.86. The minimum atomic E-state index is -0.358. The van der Waals surface area contributed by atoms with Crippen molar-refractivity contribution in [2.45, 2.75) is 0 Å². The quantitative estimate of drug-likeness (QED) is 0.798. The van der Waals surface area contributed by atoms with Crippen LogP contribution in [0.3, 0.4) is 0 Å². The molecule has 1 aromatic heterocycles. The average Bonchev–Trinajstić information content (AvgIpc) is 2.49. The molecule has 2 N–H and O–H groups in total. The van der Waals surface area contributed by atoms with E-state index in [4.69, 9.17) is 21.9 Å². The van der Waals surface area contributed by atoms with Crippen molar-refractivity contribution in [2.24, 2.45) is 5.11 Å². The molecule has 0 atom stereocenters. The summed E-state index contributed by atoms with van der Waals surface area (Å²) in [7, 11) is 0. The molecule has 0 amide bonds. The van der Waals surface area contributed by atoms with Crippen LogP contribution >= 0.6 is 11.6 Å². The van der Waals surface area contributed by atoms with Crippen LogP contribution in [-0.2, 0) is 0 Å². The molecule has 0 aliphatic rings. The fraction of sp³-hybridized carbons (Fsp3) is 0.0769. The number of rotatable bonds is 6. The van der Waals surface area contributed by atoms with E-state index in [1.807, 2.05) is 0 Å². The standard InChI is InChI=1S/C13H11ClFN5O/c14-9-5-18-13(19-6-9)21-8-12(20-16)7-17-11-3-1-2-10(15)4-11/h1-7,16-17H,8H2/b12-7-,20-16?. The predicted molar refractivity (Wildman–Crippen MR) is 75.8 cm³/mol. The van der Waals surface area contributed by atoms with Crippen LogP contribution in [0.15, 0.2) is 53.7 Å². The molecular weight excluding hydrogens is 297 g/mol. The van der Waals surface area contributed by atoms with Crippen molar-refractivity contribution in [3.05, 3.63) is 59.4 Å². The van der Waals surface area contributed by atoms with E-state index in [1.54, 1.807) is 12.1 Å². The Balaban J connectivity index is 1.94. The summed E-state index contributed by atoms with van der Waals surface area (Å²) >= 11 is 5.65. The zero-order valence-electron chi connectivity index (χ0n) is 10.8. The third-order valence-electron chi connectivity index (χ3n) is 2.32. The van der Waals surface area contributed by atoms with Gasteiger partial charge < -0.3 is 10.1 Å². The molecule has 0 fully saturated rings. The van der Waals surface area contributed by atoms with Gasteiger partial charge in [0.2, 0.25) is 0 Å². The molecule has 6 nitrogen and oxygen atoms in total. The molecule has 8 heteroatoms. The number of benzene rings is 1. The van der Waals surface area contributed by atoms with Crippen LogP contribution in [0.25, 0.3) is 0 Å². The molecule has 0 aliphatic heterocycles. The topological polar surface area (TPSA) is 83.2 Å². The molecule has 0 saturated heterocycles. The maximum absolute atomic E-state index is 13.0. The molecule has 21 heavy (non-hydrogen) atoms. The lowest BCUT2D eigenvalue weighted by atomic mass is 10.3. The SMILES string of the molecule is N=N/C(=C\Nc1cccc(F)c1)COc1ncc(Cl)cn1. The molecule has 0 saturated carbocycles. The second-order valence-electron chi connectivity index (χ2n) is 3.87. The lowest BCUT2D eigenvalue weighted by Gasteiger charge is -2.05. The van der Waals surface area contributed by atoms with Crippen molar-refractivity contribution >= 4 is 17.3 Å². The van der Waals surface area contributed by atoms with Crippen molar-refractivity contribution in [1.82, 2.24) is 9.97 Å². The Hall–Kier alpha value is -2.54. The first-order chi connectivity index (χ1) is 10.2. The average molecular weight is 308 g/mol. The van der Waals surface area contributed by atoms with Crippen molar-refractivity contribution in [3.63, 3.8) is 0 Å². The van der Waals surface area contributed by atoms with Crippen LogP contribution in [0.4, 0.5) is 10.1 Å². The minimum Gasteiger partial charge on any atom is -0.457 e. The van der Waals surface area contributed by atoms with Crippen LogP contribution in [0.1, 0.15) is 0 Å². The summed E-state index contributed by atoms with van der Waals surface area (Å²) in [6.45, 7) is -0.00650. The van der Waals surface area contributed by atoms with Crippen LogP contribution < -0.4 is 10.1 Å². The third kappa shape index (κ3) is 4.81. The lowest BCUT2D eigenvalue weighted by molar-refractivity contribution is 0.320. The van der Waals surface area contributed by atoms with Gasteiger partial charge in [-0.25, -0.2) is 19.9 Å². The van der Waals surface area contributed by atoms with Gasteiger partial charge in [0.15, 0.2) is 0 Å². The van der Waals surface area contributed by atoms with Gasteiger partial charge in [-0.1, -0.05) is 17.7 Å². The van der Waals surface area contributed by atoms with Gasteiger partial charge in [0.1, 0.15) is 18.1 Å². The normalized spacial score (nSPS) is 11.0. The highest BCUT2D eigenvalue weighted by Crippen LogP contribution is 2.11. The molecule has 0 radical (unpaired) electrons. The predicted octanol–water partition coefficient (Wildman–Crippen LogP) is 3.63. The van der Waals surface area contributed by atoms with E-state index in [0.717, 1.165) is 0 Å². The van der Waals surface area contributed by atoms with Crippen molar-refractivity contribution in [2.75, 3.05) is 11.9 Å². The number of hydrogen-bond acceptors (Lipinski definition) is 6. The summed E-state index contributed by atoms with van der Waals surface area (Å²) in [6.07, 6.45) is 4.24. The molecule has 0 aliphatic carbocycles. The van der Waals surface area contributed by atoms with E-state index in [2.05, 4.69) is 20.4 Å². The molecule has 1 aromatic carbocycles. The number of nitrogens with one attached hydrogen (secondary N) is 2. The number of aromatic nitrogens is 2. The maximum Gasteiger partial charge on any atom is 0.316 e. The summed E-state index contributed by atoms with van der Waals surface area (Å²) in [6, 6.07) is 6.04. The van der Waals surface area contributed by atoms with E-state index < -0.39 is 0 Å². The molecule has 2 aromatic rings. The lowest BCUT2D eigenvalue weighted by Crippen LogP contribution is -2.04. The van der Waals surface area contributed by atoms with Crippen molar-refractivity contribution < 1.29 is 9.13 Å². The zero-order valence-corrected chi connectivity index (χ0v) is 11.5. The van der Waals surface area contributed by atoms with Crippen LogP contribution in [-0.4, -0.2) is 16.6 Å². The van der Waals surface area contributed by atoms with Gasteiger partial charge in [-0.3, -0.25) is 0 Å². The van der Waals surface area contributed by atoms with Gasteiger partial charge in [0.05, 0.1) is 17.4 Å². The highest BCUT2D eigenvalue weighted by atomic mass is 35.5. The van der Waals surface area contributed by atoms with Gasteiger partial charge in [0, 0.05) is 11.9 Å². The Labute approximate surface area is 125 Å². The van der Waals surface area contributed by atoms with Crippen LogP contribution in [0.5, 0.6) is 6.01 Å². The Morgan fingerprint density at radius 2 is 2.19 bits per heavy atom. The summed E-state index contributed by atoms with van der Waals surface area (Å²) in [4.78, 5) is 7.70. The Kier molecular flexibility index (Phi) is 5.16. The van der Waals surface area contributed by atoms with Gasteiger partial charge in [0.25, 0.3) is 0 Å². The fourth-order valence-corrected chi connectivity index (χ4v) is 1.46. The van der Waals surface area contributed by atoms with Crippen molar-refractivity contribution in [1.29, 1.82) is 5.53 Å². The molecular formula is C13H11ClFN5O. The number of hydrogen-bond donors (Lipinski definition) is 2. The first kappa shape index (κ1) is 14.9. The Morgan fingerprint density at radius 1 is 1.43 bits per heavy atom. The van der Waals surface area contributed by atoms with E-state index >= 15 is 0 Å². The monoisotopic (exact) mass is 307 g/mol. The second kappa shape index (κ2) is 7.30. The molecule has 108 valence electrons. The van der Waals surface area contributed by atoms with Gasteiger partial charge in [-0.2, -0.15) is 5.11 Å². The molecule has 2 rings (SSSR count). The largest absolute Gasteiger partial charge is 0.457 e. The minimum absolute atomic E-state index is 0.00650. The maximum atomic E-state index is 13.0. The van der Waals surface area contributed by atoms with Crippen molar-refractivity contribution in [3.8, 4) is 6.01 Å². The highest BCUT2D eigenvalue weighted by Gasteiger charge is 2.01. The molecule has 0 bridgehead atoms. The second-order valence-corrected chi connectivity index (χ2v) is 4.31. The number of halogens is 2. The van der Waals surface area contributed by atoms with Crippen LogP contribution in [0.2, 0.25) is 5.02 Å². The number of ether oxygens (including phenoxy) is 1.